The smallest absolute Gasteiger partial charge is 0.264 e. The number of rotatable bonds is 0. The van der Waals surface area contributed by atoms with E-state index in [1.165, 1.54) is 16.1 Å². The average molecular weight is 230 g/mol. The Kier molecular flexibility index (Phi) is 1.65. The third kappa shape index (κ3) is 1.03. The van der Waals surface area contributed by atoms with Gasteiger partial charge in [0.25, 0.3) is 5.91 Å². The fourth-order valence-corrected chi connectivity index (χ4v) is 1.70. The lowest BCUT2D eigenvalue weighted by molar-refractivity contribution is 0.0895. The maximum atomic E-state index is 12.7. The lowest BCUT2D eigenvalue weighted by atomic mass is 10.1. The van der Waals surface area contributed by atoms with Crippen LogP contribution in [0.15, 0.2) is 18.2 Å². The molecule has 4 heteroatoms. The van der Waals surface area contributed by atoms with Crippen LogP contribution in [0.3, 0.4) is 0 Å². The molecule has 0 saturated carbocycles. The largest absolute Gasteiger partial charge is 0.270 e. The molecule has 0 fully saturated rings. The fourth-order valence-electron chi connectivity index (χ4n) is 1.24. The molecular weight excluding hydrogens is 225 g/mol. The van der Waals surface area contributed by atoms with Gasteiger partial charge in [0.05, 0.1) is 22.7 Å². The molecule has 0 aromatic heterocycles. The molecule has 1 aromatic carbocycles. The van der Waals surface area contributed by atoms with Gasteiger partial charge in [-0.3, -0.25) is 8.72 Å². The number of nitrogens with zero attached hydrogens (tertiary/aromatic N) is 1. The highest BCUT2D eigenvalue weighted by atomic mass is 79.9. The second-order valence-corrected chi connectivity index (χ2v) is 3.48. The fraction of sp³-hybridized carbons (Fsp3) is 0.125. The molecule has 0 atom stereocenters. The Bertz CT molecular complexity index is 353. The van der Waals surface area contributed by atoms with Gasteiger partial charge in [0.2, 0.25) is 0 Å². The lowest BCUT2D eigenvalue weighted by Gasteiger charge is -2.00. The number of carbonyl (C=O) groups is 1. The maximum absolute atomic E-state index is 12.7. The van der Waals surface area contributed by atoms with Gasteiger partial charge < -0.3 is 0 Å². The Balaban J connectivity index is 2.56. The van der Waals surface area contributed by atoms with E-state index in [0.29, 0.717) is 12.1 Å². The van der Waals surface area contributed by atoms with Crippen molar-refractivity contribution in [1.82, 2.24) is 3.93 Å². The normalized spacial score (nSPS) is 15.2. The van der Waals surface area contributed by atoms with Crippen LogP contribution < -0.4 is 0 Å². The highest BCUT2D eigenvalue weighted by Gasteiger charge is 2.25. The minimum Gasteiger partial charge on any atom is -0.270 e. The van der Waals surface area contributed by atoms with Crippen LogP contribution in [-0.4, -0.2) is 9.83 Å². The number of benzene rings is 1. The second kappa shape index (κ2) is 2.55. The van der Waals surface area contributed by atoms with E-state index in [2.05, 4.69) is 16.1 Å². The van der Waals surface area contributed by atoms with E-state index in [-0.39, 0.29) is 11.7 Å². The SMILES string of the molecule is O=C1c2cc(F)ccc2CN1Br. The third-order valence-corrected chi connectivity index (χ3v) is 2.40. The highest BCUT2D eigenvalue weighted by Crippen LogP contribution is 2.25. The van der Waals surface area contributed by atoms with E-state index in [4.69, 9.17) is 0 Å². The van der Waals surface area contributed by atoms with Gasteiger partial charge in [0.1, 0.15) is 5.82 Å². The molecule has 0 saturated heterocycles. The molecule has 0 N–H and O–H groups in total. The first-order chi connectivity index (χ1) is 5.68. The predicted molar refractivity (Wildman–Crippen MR) is 45.2 cm³/mol. The maximum Gasteiger partial charge on any atom is 0.264 e. The summed E-state index contributed by atoms with van der Waals surface area (Å²) in [5.74, 6) is -0.547. The molecule has 12 heavy (non-hydrogen) atoms. The number of hydrogen-bond acceptors (Lipinski definition) is 1. The quantitative estimate of drug-likeness (QED) is 0.625. The van der Waals surface area contributed by atoms with Crippen LogP contribution in [0.5, 0.6) is 0 Å². The van der Waals surface area contributed by atoms with Crippen LogP contribution in [-0.2, 0) is 6.54 Å². The summed E-state index contributed by atoms with van der Waals surface area (Å²) in [4.78, 5) is 11.3. The van der Waals surface area contributed by atoms with Crippen LogP contribution in [0.1, 0.15) is 15.9 Å². The van der Waals surface area contributed by atoms with Crippen molar-refractivity contribution in [3.8, 4) is 0 Å². The van der Waals surface area contributed by atoms with Crippen LogP contribution in [0.2, 0.25) is 0 Å². The molecule has 1 heterocycles. The Morgan fingerprint density at radius 1 is 1.50 bits per heavy atom. The summed E-state index contributed by atoms with van der Waals surface area (Å²) >= 11 is 3.07. The number of halogens is 2. The molecule has 0 unspecified atom stereocenters. The topological polar surface area (TPSA) is 20.3 Å². The molecule has 1 aliphatic heterocycles. The Hall–Kier alpha value is -0.900. The Morgan fingerprint density at radius 2 is 2.25 bits per heavy atom. The van der Waals surface area contributed by atoms with Crippen LogP contribution in [0, 0.1) is 5.82 Å². The first-order valence-corrected chi connectivity index (χ1v) is 4.15. The molecule has 1 aliphatic rings. The van der Waals surface area contributed by atoms with Gasteiger partial charge >= 0.3 is 0 Å². The zero-order valence-electron chi connectivity index (χ0n) is 6.05. The molecule has 0 spiro atoms. The number of amides is 1. The summed E-state index contributed by atoms with van der Waals surface area (Å²) < 4.78 is 14.1. The van der Waals surface area contributed by atoms with Crippen molar-refractivity contribution in [3.05, 3.63) is 35.1 Å². The van der Waals surface area contributed by atoms with E-state index in [1.807, 2.05) is 0 Å². The minimum atomic E-state index is -0.370. The standard InChI is InChI=1S/C8H5BrFNO/c9-11-4-5-1-2-6(10)3-7(5)8(11)12/h1-3H,4H2. The van der Waals surface area contributed by atoms with E-state index in [1.54, 1.807) is 6.07 Å². The van der Waals surface area contributed by atoms with Crippen molar-refractivity contribution in [1.29, 1.82) is 0 Å². The van der Waals surface area contributed by atoms with Gasteiger partial charge in [0, 0.05) is 5.56 Å². The zero-order valence-corrected chi connectivity index (χ0v) is 7.64. The summed E-state index contributed by atoms with van der Waals surface area (Å²) in [5.41, 5.74) is 1.31. The van der Waals surface area contributed by atoms with E-state index in [0.717, 1.165) is 5.56 Å². The van der Waals surface area contributed by atoms with Crippen LogP contribution >= 0.6 is 16.1 Å². The van der Waals surface area contributed by atoms with Crippen molar-refractivity contribution in [2.75, 3.05) is 0 Å². The summed E-state index contributed by atoms with van der Waals surface area (Å²) in [5, 5.41) is 0. The molecule has 2 nitrogen and oxygen atoms in total. The van der Waals surface area contributed by atoms with Gasteiger partial charge in [-0.25, -0.2) is 4.39 Å². The molecule has 1 amide bonds. The van der Waals surface area contributed by atoms with Gasteiger partial charge in [-0.05, 0) is 17.7 Å². The van der Waals surface area contributed by atoms with E-state index < -0.39 is 0 Å². The summed E-state index contributed by atoms with van der Waals surface area (Å²) in [7, 11) is 0. The van der Waals surface area contributed by atoms with Gasteiger partial charge in [-0.2, -0.15) is 0 Å². The second-order valence-electron chi connectivity index (χ2n) is 2.63. The van der Waals surface area contributed by atoms with Crippen molar-refractivity contribution in [2.24, 2.45) is 0 Å². The first kappa shape index (κ1) is 7.73. The lowest BCUT2D eigenvalue weighted by Crippen LogP contribution is -2.10. The van der Waals surface area contributed by atoms with Gasteiger partial charge in [0.15, 0.2) is 0 Å². The molecule has 2 rings (SSSR count). The first-order valence-electron chi connectivity index (χ1n) is 3.44. The van der Waals surface area contributed by atoms with Crippen LogP contribution in [0.25, 0.3) is 0 Å². The van der Waals surface area contributed by atoms with Gasteiger partial charge in [-0.1, -0.05) is 6.07 Å². The molecular formula is C8H5BrFNO. The molecule has 0 aliphatic carbocycles. The molecule has 1 aromatic rings. The molecule has 62 valence electrons. The summed E-state index contributed by atoms with van der Waals surface area (Å²) in [6.07, 6.45) is 0. The van der Waals surface area contributed by atoms with E-state index in [9.17, 15) is 9.18 Å². The van der Waals surface area contributed by atoms with Crippen molar-refractivity contribution in [2.45, 2.75) is 6.54 Å². The summed E-state index contributed by atoms with van der Waals surface area (Å²) in [6.45, 7) is 0.508. The van der Waals surface area contributed by atoms with Crippen molar-refractivity contribution >= 4 is 22.1 Å². The highest BCUT2D eigenvalue weighted by molar-refractivity contribution is 9.07. The third-order valence-electron chi connectivity index (χ3n) is 1.83. The number of hydrogen-bond donors (Lipinski definition) is 0. The monoisotopic (exact) mass is 229 g/mol. The summed E-state index contributed by atoms with van der Waals surface area (Å²) in [6, 6.07) is 4.25. The number of fused-ring (bicyclic) bond motifs is 1. The molecule has 0 radical (unpaired) electrons. The average Bonchev–Trinajstić information content (AvgIpc) is 2.31. The Morgan fingerprint density at radius 3 is 3.00 bits per heavy atom. The Labute approximate surface area is 77.3 Å². The van der Waals surface area contributed by atoms with Crippen molar-refractivity contribution < 1.29 is 9.18 Å². The van der Waals surface area contributed by atoms with Crippen molar-refractivity contribution in [3.63, 3.8) is 0 Å². The zero-order chi connectivity index (χ0) is 8.72. The number of carbonyl (C=O) groups excluding carboxylic acids is 1. The van der Waals surface area contributed by atoms with Crippen LogP contribution in [0.4, 0.5) is 4.39 Å². The van der Waals surface area contributed by atoms with E-state index >= 15 is 0 Å². The minimum absolute atomic E-state index is 0.176. The van der Waals surface area contributed by atoms with Gasteiger partial charge in [-0.15, -0.1) is 0 Å². The predicted octanol–water partition coefficient (Wildman–Crippen LogP) is 2.09. The molecule has 0 bridgehead atoms.